The van der Waals surface area contributed by atoms with Gasteiger partial charge in [0, 0.05) is 19.1 Å². The molecule has 1 aromatic rings. The van der Waals surface area contributed by atoms with Crippen molar-refractivity contribution in [3.8, 4) is 0 Å². The lowest BCUT2D eigenvalue weighted by molar-refractivity contribution is 0.0721. The van der Waals surface area contributed by atoms with Crippen LogP contribution in [0.2, 0.25) is 0 Å². The first kappa shape index (κ1) is 13.3. The second-order valence-electron chi connectivity index (χ2n) is 5.03. The summed E-state index contributed by atoms with van der Waals surface area (Å²) in [5.74, 6) is 0.517. The summed E-state index contributed by atoms with van der Waals surface area (Å²) in [5.41, 5.74) is 0. The molecule has 100 valence electrons. The van der Waals surface area contributed by atoms with Crippen LogP contribution in [0.4, 0.5) is 5.13 Å². The Hall–Kier alpha value is -1.17. The van der Waals surface area contributed by atoms with Crippen molar-refractivity contribution in [1.82, 2.24) is 15.1 Å². The summed E-state index contributed by atoms with van der Waals surface area (Å²) in [6.45, 7) is 7.86. The highest BCUT2D eigenvalue weighted by Crippen LogP contribution is 2.30. The second-order valence-corrected chi connectivity index (χ2v) is 6.00. The van der Waals surface area contributed by atoms with E-state index in [1.54, 1.807) is 0 Å². The Morgan fingerprint density at radius 3 is 2.78 bits per heavy atom. The van der Waals surface area contributed by atoms with Crippen molar-refractivity contribution < 1.29 is 4.79 Å². The lowest BCUT2D eigenvalue weighted by atomic mass is 10.2. The SMILES string of the molecule is CCNc1nnc(C(=O)N(CC(C)C)C2CC2)s1. The number of anilines is 1. The van der Waals surface area contributed by atoms with Gasteiger partial charge in [-0.05, 0) is 25.7 Å². The molecule has 0 aromatic carbocycles. The van der Waals surface area contributed by atoms with E-state index >= 15 is 0 Å². The van der Waals surface area contributed by atoms with Crippen molar-refractivity contribution in [3.63, 3.8) is 0 Å². The molecule has 0 atom stereocenters. The summed E-state index contributed by atoms with van der Waals surface area (Å²) in [7, 11) is 0. The molecule has 0 unspecified atom stereocenters. The molecule has 1 fully saturated rings. The number of nitrogens with one attached hydrogen (secondary N) is 1. The first-order valence-corrected chi connectivity index (χ1v) is 7.31. The van der Waals surface area contributed by atoms with Crippen molar-refractivity contribution in [1.29, 1.82) is 0 Å². The fourth-order valence-electron chi connectivity index (χ4n) is 1.83. The number of carbonyl (C=O) groups excluding carboxylic acids is 1. The van der Waals surface area contributed by atoms with Crippen LogP contribution in [0.3, 0.4) is 0 Å². The van der Waals surface area contributed by atoms with E-state index in [1.807, 2.05) is 11.8 Å². The van der Waals surface area contributed by atoms with Crippen LogP contribution in [0.5, 0.6) is 0 Å². The number of amides is 1. The third-order valence-electron chi connectivity index (χ3n) is 2.75. The Morgan fingerprint density at radius 2 is 2.22 bits per heavy atom. The number of hydrogen-bond donors (Lipinski definition) is 1. The van der Waals surface area contributed by atoms with Gasteiger partial charge in [-0.3, -0.25) is 4.79 Å². The molecule has 1 saturated carbocycles. The number of hydrogen-bond acceptors (Lipinski definition) is 5. The van der Waals surface area contributed by atoms with Gasteiger partial charge in [0.05, 0.1) is 0 Å². The highest BCUT2D eigenvalue weighted by Gasteiger charge is 2.34. The van der Waals surface area contributed by atoms with E-state index in [9.17, 15) is 4.79 Å². The molecule has 1 heterocycles. The van der Waals surface area contributed by atoms with Gasteiger partial charge in [0.15, 0.2) is 0 Å². The van der Waals surface area contributed by atoms with Crippen LogP contribution in [0, 0.1) is 5.92 Å². The Balaban J connectivity index is 2.06. The summed E-state index contributed by atoms with van der Waals surface area (Å²) < 4.78 is 0. The van der Waals surface area contributed by atoms with E-state index in [2.05, 4.69) is 29.4 Å². The Kier molecular flexibility index (Phi) is 4.16. The molecular weight excluding hydrogens is 248 g/mol. The first-order valence-electron chi connectivity index (χ1n) is 6.50. The standard InChI is InChI=1S/C12H20N4OS/c1-4-13-12-15-14-10(18-12)11(17)16(7-8(2)3)9-5-6-9/h8-9H,4-7H2,1-3H3,(H,13,15). The van der Waals surface area contributed by atoms with Gasteiger partial charge in [0.2, 0.25) is 10.1 Å². The first-order chi connectivity index (χ1) is 8.61. The molecule has 1 N–H and O–H groups in total. The molecule has 0 radical (unpaired) electrons. The van der Waals surface area contributed by atoms with E-state index in [-0.39, 0.29) is 5.91 Å². The summed E-state index contributed by atoms with van der Waals surface area (Å²) in [6, 6.07) is 0.423. The smallest absolute Gasteiger partial charge is 0.285 e. The molecule has 18 heavy (non-hydrogen) atoms. The van der Waals surface area contributed by atoms with Crippen LogP contribution in [-0.4, -0.2) is 40.1 Å². The normalized spacial score (nSPS) is 14.9. The lowest BCUT2D eigenvalue weighted by Gasteiger charge is -2.22. The topological polar surface area (TPSA) is 58.1 Å². The van der Waals surface area contributed by atoms with Crippen molar-refractivity contribution >= 4 is 22.4 Å². The van der Waals surface area contributed by atoms with Gasteiger partial charge in [-0.1, -0.05) is 25.2 Å². The zero-order valence-electron chi connectivity index (χ0n) is 11.1. The van der Waals surface area contributed by atoms with Crippen LogP contribution >= 0.6 is 11.3 Å². The largest absolute Gasteiger partial charge is 0.360 e. The Morgan fingerprint density at radius 1 is 1.50 bits per heavy atom. The molecule has 1 aromatic heterocycles. The molecule has 0 aliphatic heterocycles. The third-order valence-corrected chi connectivity index (χ3v) is 3.62. The number of rotatable bonds is 6. The zero-order chi connectivity index (χ0) is 13.1. The minimum absolute atomic E-state index is 0.0350. The van der Waals surface area contributed by atoms with E-state index in [4.69, 9.17) is 0 Å². The van der Waals surface area contributed by atoms with Crippen molar-refractivity contribution in [2.24, 2.45) is 5.92 Å². The van der Waals surface area contributed by atoms with Gasteiger partial charge in [-0.15, -0.1) is 10.2 Å². The molecule has 0 saturated heterocycles. The van der Waals surface area contributed by atoms with Crippen LogP contribution in [0.1, 0.15) is 43.4 Å². The number of carbonyl (C=O) groups is 1. The maximum Gasteiger partial charge on any atom is 0.285 e. The molecule has 0 bridgehead atoms. The Labute approximate surface area is 112 Å². The minimum atomic E-state index is 0.0350. The molecule has 1 amide bonds. The third kappa shape index (κ3) is 3.19. The van der Waals surface area contributed by atoms with Gasteiger partial charge in [-0.25, -0.2) is 0 Å². The van der Waals surface area contributed by atoms with Gasteiger partial charge in [-0.2, -0.15) is 0 Å². The monoisotopic (exact) mass is 268 g/mol. The molecule has 2 rings (SSSR count). The van der Waals surface area contributed by atoms with Crippen molar-refractivity contribution in [2.75, 3.05) is 18.4 Å². The van der Waals surface area contributed by atoms with Gasteiger partial charge >= 0.3 is 0 Å². The summed E-state index contributed by atoms with van der Waals surface area (Å²) in [6.07, 6.45) is 2.24. The maximum absolute atomic E-state index is 12.4. The molecule has 5 nitrogen and oxygen atoms in total. The fraction of sp³-hybridized carbons (Fsp3) is 0.750. The van der Waals surface area contributed by atoms with E-state index < -0.39 is 0 Å². The molecular formula is C12H20N4OS. The molecule has 1 aliphatic rings. The second kappa shape index (κ2) is 5.65. The molecule has 1 aliphatic carbocycles. The number of aromatic nitrogens is 2. The summed E-state index contributed by atoms with van der Waals surface area (Å²) >= 11 is 1.34. The predicted molar refractivity (Wildman–Crippen MR) is 73.0 cm³/mol. The van der Waals surface area contributed by atoms with Gasteiger partial charge in [0.25, 0.3) is 5.91 Å². The Bertz CT molecular complexity index is 414. The quantitative estimate of drug-likeness (QED) is 0.859. The summed E-state index contributed by atoms with van der Waals surface area (Å²) in [5, 5.41) is 12.3. The van der Waals surface area contributed by atoms with E-state index in [0.29, 0.717) is 17.0 Å². The average Bonchev–Trinajstić information content (AvgIpc) is 3.06. The van der Waals surface area contributed by atoms with Crippen LogP contribution < -0.4 is 5.32 Å². The molecule has 0 spiro atoms. The fourth-order valence-corrected chi connectivity index (χ4v) is 2.60. The highest BCUT2D eigenvalue weighted by atomic mass is 32.1. The van der Waals surface area contributed by atoms with Crippen molar-refractivity contribution in [3.05, 3.63) is 5.01 Å². The minimum Gasteiger partial charge on any atom is -0.360 e. The number of nitrogens with zero attached hydrogens (tertiary/aromatic N) is 3. The lowest BCUT2D eigenvalue weighted by Crippen LogP contribution is -2.36. The average molecular weight is 268 g/mol. The predicted octanol–water partition coefficient (Wildman–Crippen LogP) is 2.23. The summed E-state index contributed by atoms with van der Waals surface area (Å²) in [4.78, 5) is 14.3. The maximum atomic E-state index is 12.4. The van der Waals surface area contributed by atoms with Gasteiger partial charge < -0.3 is 10.2 Å². The van der Waals surface area contributed by atoms with E-state index in [0.717, 1.165) is 31.1 Å². The van der Waals surface area contributed by atoms with Crippen LogP contribution in [-0.2, 0) is 0 Å². The van der Waals surface area contributed by atoms with E-state index in [1.165, 1.54) is 11.3 Å². The van der Waals surface area contributed by atoms with Crippen molar-refractivity contribution in [2.45, 2.75) is 39.7 Å². The van der Waals surface area contributed by atoms with Crippen LogP contribution in [0.25, 0.3) is 0 Å². The zero-order valence-corrected chi connectivity index (χ0v) is 12.0. The van der Waals surface area contributed by atoms with Crippen LogP contribution in [0.15, 0.2) is 0 Å². The molecule has 6 heteroatoms. The van der Waals surface area contributed by atoms with Gasteiger partial charge in [0.1, 0.15) is 0 Å². The highest BCUT2D eigenvalue weighted by molar-refractivity contribution is 7.17.